The number of nitrogens with two attached hydrogens (primary N) is 2. The Morgan fingerprint density at radius 1 is 1.00 bits per heavy atom. The lowest BCUT2D eigenvalue weighted by Crippen LogP contribution is -2.39. The van der Waals surface area contributed by atoms with Crippen LogP contribution in [0.1, 0.15) is 44.9 Å². The van der Waals surface area contributed by atoms with Crippen molar-refractivity contribution in [2.45, 2.75) is 51.0 Å². The van der Waals surface area contributed by atoms with Gasteiger partial charge in [-0.25, -0.2) is 0 Å². The van der Waals surface area contributed by atoms with E-state index in [-0.39, 0.29) is 23.6 Å². The normalized spacial score (nSPS) is 21.6. The molecule has 0 unspecified atom stereocenters. The van der Waals surface area contributed by atoms with Gasteiger partial charge in [-0.05, 0) is 37.8 Å². The summed E-state index contributed by atoms with van der Waals surface area (Å²) in [6, 6.07) is 0.217. The number of nitrogens with zero attached hydrogens (tertiary/aromatic N) is 1. The second-order valence-corrected chi connectivity index (χ2v) is 6.62. The van der Waals surface area contributed by atoms with Crippen LogP contribution >= 0.6 is 0 Å². The molecule has 0 spiro atoms. The third-order valence-corrected chi connectivity index (χ3v) is 4.85. The van der Waals surface area contributed by atoms with Crippen molar-refractivity contribution >= 4 is 11.9 Å². The second-order valence-electron chi connectivity index (χ2n) is 6.62. The fourth-order valence-corrected chi connectivity index (χ4v) is 3.26. The average Bonchev–Trinajstić information content (AvgIpc) is 2.60. The highest BCUT2D eigenvalue weighted by molar-refractivity contribution is 5.92. The molecular weight excluding hydrogens is 308 g/mol. The van der Waals surface area contributed by atoms with Gasteiger partial charge in [0.05, 0.1) is 17.4 Å². The molecule has 7 heteroatoms. The van der Waals surface area contributed by atoms with E-state index in [9.17, 15) is 9.59 Å². The van der Waals surface area contributed by atoms with Crippen LogP contribution in [-0.2, 0) is 9.59 Å². The van der Waals surface area contributed by atoms with Crippen LogP contribution in [0.15, 0.2) is 23.7 Å². The molecule has 24 heavy (non-hydrogen) atoms. The predicted octanol–water partition coefficient (Wildman–Crippen LogP) is 0.875. The lowest BCUT2D eigenvalue weighted by molar-refractivity contribution is -0.143. The van der Waals surface area contributed by atoms with Gasteiger partial charge in [-0.1, -0.05) is 19.3 Å². The molecule has 1 saturated carbocycles. The summed E-state index contributed by atoms with van der Waals surface area (Å²) in [7, 11) is 0. The van der Waals surface area contributed by atoms with Gasteiger partial charge in [-0.3, -0.25) is 9.59 Å². The van der Waals surface area contributed by atoms with Gasteiger partial charge in [0.15, 0.2) is 0 Å². The molecule has 0 bridgehead atoms. The van der Waals surface area contributed by atoms with E-state index in [1.54, 1.807) is 6.08 Å². The first kappa shape index (κ1) is 18.2. The molecule has 2 aliphatic rings. The van der Waals surface area contributed by atoms with Crippen LogP contribution in [0.25, 0.3) is 0 Å². The first-order chi connectivity index (χ1) is 11.5. The van der Waals surface area contributed by atoms with Gasteiger partial charge in [0.1, 0.15) is 0 Å². The van der Waals surface area contributed by atoms with E-state index in [0.717, 1.165) is 25.7 Å². The lowest BCUT2D eigenvalue weighted by Gasteiger charge is -2.31. The number of carboxylic acid groups (broad SMARTS) is 1. The van der Waals surface area contributed by atoms with Crippen molar-refractivity contribution in [1.82, 2.24) is 10.2 Å². The number of carbonyl (C=O) groups excluding carboxylic acids is 1. The zero-order valence-electron chi connectivity index (χ0n) is 14.0. The number of carbonyl (C=O) groups is 2. The highest BCUT2D eigenvalue weighted by Gasteiger charge is 2.24. The molecule has 0 aromatic rings. The average molecular weight is 336 g/mol. The van der Waals surface area contributed by atoms with Crippen LogP contribution in [0.5, 0.6) is 0 Å². The van der Waals surface area contributed by atoms with E-state index in [1.807, 2.05) is 4.90 Å². The van der Waals surface area contributed by atoms with Crippen LogP contribution in [-0.4, -0.2) is 41.0 Å². The Hall–Kier alpha value is -2.18. The number of allylic oxidation sites excluding steroid dienone is 2. The predicted molar refractivity (Wildman–Crippen MR) is 91.5 cm³/mol. The van der Waals surface area contributed by atoms with Gasteiger partial charge >= 0.3 is 5.97 Å². The van der Waals surface area contributed by atoms with Gasteiger partial charge in [-0.15, -0.1) is 0 Å². The first-order valence-electron chi connectivity index (χ1n) is 8.69. The Labute approximate surface area is 142 Å². The molecule has 134 valence electrons. The minimum Gasteiger partial charge on any atom is -0.481 e. The van der Waals surface area contributed by atoms with Crippen molar-refractivity contribution in [2.75, 3.05) is 13.1 Å². The zero-order valence-corrected chi connectivity index (χ0v) is 14.0. The molecule has 0 aromatic heterocycles. The van der Waals surface area contributed by atoms with E-state index in [0.29, 0.717) is 31.8 Å². The Kier molecular flexibility index (Phi) is 6.52. The molecule has 1 aliphatic heterocycles. The number of hydrogen-bond donors (Lipinski definition) is 4. The third-order valence-electron chi connectivity index (χ3n) is 4.85. The molecule has 0 aromatic carbocycles. The summed E-state index contributed by atoms with van der Waals surface area (Å²) in [6.45, 7) is 1.20. The molecule has 6 N–H and O–H groups in total. The number of rotatable bonds is 5. The Morgan fingerprint density at radius 2 is 1.62 bits per heavy atom. The van der Waals surface area contributed by atoms with Gasteiger partial charge in [0.2, 0.25) is 0 Å². The molecule has 0 radical (unpaired) electrons. The first-order valence-corrected chi connectivity index (χ1v) is 8.69. The van der Waals surface area contributed by atoms with Crippen LogP contribution in [0.2, 0.25) is 0 Å². The topological polar surface area (TPSA) is 122 Å². The molecule has 1 amide bonds. The summed E-state index contributed by atoms with van der Waals surface area (Å²) in [4.78, 5) is 24.9. The summed E-state index contributed by atoms with van der Waals surface area (Å²) >= 11 is 0. The number of hydrogen-bond acceptors (Lipinski definition) is 5. The SMILES string of the molecule is N/C(=C\C=C(/N)N1CCC(C(=O)O)CC1)C(=O)NC1CCCCC1. The summed E-state index contributed by atoms with van der Waals surface area (Å²) < 4.78 is 0. The molecule has 1 aliphatic carbocycles. The van der Waals surface area contributed by atoms with Gasteiger partial charge in [0.25, 0.3) is 5.91 Å². The van der Waals surface area contributed by atoms with E-state index in [1.165, 1.54) is 12.5 Å². The van der Waals surface area contributed by atoms with E-state index in [2.05, 4.69) is 5.32 Å². The number of likely N-dealkylation sites (tertiary alicyclic amines) is 1. The van der Waals surface area contributed by atoms with Crippen LogP contribution in [0.3, 0.4) is 0 Å². The molecule has 2 rings (SSSR count). The third kappa shape index (κ3) is 5.18. The van der Waals surface area contributed by atoms with Crippen molar-refractivity contribution in [3.05, 3.63) is 23.7 Å². The van der Waals surface area contributed by atoms with E-state index >= 15 is 0 Å². The van der Waals surface area contributed by atoms with Crippen LogP contribution in [0, 0.1) is 5.92 Å². The summed E-state index contributed by atoms with van der Waals surface area (Å²) in [5, 5.41) is 12.0. The van der Waals surface area contributed by atoms with Crippen LogP contribution < -0.4 is 16.8 Å². The molecule has 2 fully saturated rings. The zero-order chi connectivity index (χ0) is 17.5. The second kappa shape index (κ2) is 8.61. The minimum absolute atomic E-state index is 0.143. The summed E-state index contributed by atoms with van der Waals surface area (Å²) in [6.07, 6.45) is 9.84. The summed E-state index contributed by atoms with van der Waals surface area (Å²) in [5.74, 6) is -0.792. The van der Waals surface area contributed by atoms with Crippen LogP contribution in [0.4, 0.5) is 0 Å². The highest BCUT2D eigenvalue weighted by atomic mass is 16.4. The fourth-order valence-electron chi connectivity index (χ4n) is 3.26. The molecule has 1 heterocycles. The van der Waals surface area contributed by atoms with Crippen molar-refractivity contribution < 1.29 is 14.7 Å². The fraction of sp³-hybridized carbons (Fsp3) is 0.647. The molecule has 7 nitrogen and oxygen atoms in total. The number of amides is 1. The summed E-state index contributed by atoms with van der Waals surface area (Å²) in [5.41, 5.74) is 12.0. The van der Waals surface area contributed by atoms with Gasteiger partial charge in [-0.2, -0.15) is 0 Å². The quantitative estimate of drug-likeness (QED) is 0.437. The number of piperidine rings is 1. The standard InChI is InChI=1S/C17H28N4O3/c18-14(16(22)20-13-4-2-1-3-5-13)6-7-15(19)21-10-8-12(9-11-21)17(23)24/h6-7,12-13H,1-5,8-11,18-19H2,(H,20,22)(H,23,24)/b14-6-,15-7+. The smallest absolute Gasteiger partial charge is 0.306 e. The maximum absolute atomic E-state index is 12.1. The van der Waals surface area contributed by atoms with Gasteiger partial charge < -0.3 is 26.8 Å². The Balaban J connectivity index is 1.84. The van der Waals surface area contributed by atoms with Crippen molar-refractivity contribution in [2.24, 2.45) is 17.4 Å². The molecule has 1 saturated heterocycles. The maximum atomic E-state index is 12.1. The molecular formula is C17H28N4O3. The molecule has 0 atom stereocenters. The van der Waals surface area contributed by atoms with E-state index < -0.39 is 5.97 Å². The Bertz CT molecular complexity index is 516. The number of carboxylic acids is 1. The lowest BCUT2D eigenvalue weighted by atomic mass is 9.95. The largest absolute Gasteiger partial charge is 0.481 e. The van der Waals surface area contributed by atoms with E-state index in [4.69, 9.17) is 16.6 Å². The van der Waals surface area contributed by atoms with Crippen molar-refractivity contribution in [1.29, 1.82) is 0 Å². The highest BCUT2D eigenvalue weighted by Crippen LogP contribution is 2.19. The minimum atomic E-state index is -0.749. The number of nitrogens with one attached hydrogen (secondary N) is 1. The monoisotopic (exact) mass is 336 g/mol. The Morgan fingerprint density at radius 3 is 2.21 bits per heavy atom. The van der Waals surface area contributed by atoms with Gasteiger partial charge in [0, 0.05) is 19.1 Å². The van der Waals surface area contributed by atoms with Crippen molar-refractivity contribution in [3.8, 4) is 0 Å². The van der Waals surface area contributed by atoms with Crippen molar-refractivity contribution in [3.63, 3.8) is 0 Å². The maximum Gasteiger partial charge on any atom is 0.306 e. The number of aliphatic carboxylic acids is 1.